The summed E-state index contributed by atoms with van der Waals surface area (Å²) in [5.41, 5.74) is 0. The van der Waals surface area contributed by atoms with E-state index in [0.717, 1.165) is 0 Å². The van der Waals surface area contributed by atoms with E-state index in [1.54, 1.807) is 0 Å². The number of carboxylic acids is 1. The molecule has 0 aliphatic heterocycles. The van der Waals surface area contributed by atoms with Crippen LogP contribution >= 0.6 is 0 Å². The monoisotopic (exact) mass is 746 g/mol. The van der Waals surface area contributed by atoms with Gasteiger partial charge >= 0.3 is 89.4 Å². The van der Waals surface area contributed by atoms with Gasteiger partial charge in [0.2, 0.25) is 0 Å². The Balaban J connectivity index is 7.54. The van der Waals surface area contributed by atoms with E-state index in [0.29, 0.717) is 0 Å². The Hall–Kier alpha value is -2.49. The van der Waals surface area contributed by atoms with Crippen molar-refractivity contribution >= 4 is 5.97 Å². The van der Waals surface area contributed by atoms with Crippen LogP contribution in [0.15, 0.2) is 0 Å². The van der Waals surface area contributed by atoms with Crippen LogP contribution in [0.5, 0.6) is 0 Å². The van der Waals surface area contributed by atoms with E-state index in [2.05, 4.69) is 0 Å². The Morgan fingerprint density at radius 1 is 0.333 bits per heavy atom. The highest BCUT2D eigenvalue weighted by Crippen LogP contribution is 2.68. The summed E-state index contributed by atoms with van der Waals surface area (Å²) in [5, 5.41) is 7.65. The molecular weight excluding hydrogens is 744 g/mol. The number of carboxylic acid groups (broad SMARTS) is 1. The number of rotatable bonds is 14. The lowest BCUT2D eigenvalue weighted by atomic mass is 9.83. The molecule has 0 spiro atoms. The van der Waals surface area contributed by atoms with Gasteiger partial charge in [0.05, 0.1) is 0 Å². The maximum Gasteiger partial charge on any atom is 0.410 e. The first-order valence-corrected chi connectivity index (χ1v) is 9.32. The Morgan fingerprint density at radius 2 is 0.489 bits per heavy atom. The zero-order valence-corrected chi connectivity index (χ0v) is 19.0. The van der Waals surface area contributed by atoms with Gasteiger partial charge in [-0.2, -0.15) is 114 Å². The summed E-state index contributed by atoms with van der Waals surface area (Å²) in [7, 11) is 0. The molecule has 270 valence electrons. The molecular formula is C15H2F28O2. The minimum absolute atomic E-state index is 4.74. The van der Waals surface area contributed by atoms with Crippen molar-refractivity contribution in [3.8, 4) is 0 Å². The molecule has 0 saturated carbocycles. The van der Waals surface area contributed by atoms with Crippen molar-refractivity contribution in [2.75, 3.05) is 0 Å². The SMILES string of the molecule is O=C(O)C(F)(F)C(F)(F)C(F)(F)C(F)(F)C(F)(F)C(F)(F)C(F)(F)C(F)(F)C(F)(F)C(F)(F)C(F)(F)C(F)(F)C(F)(F)C(F)F. The van der Waals surface area contributed by atoms with E-state index in [4.69, 9.17) is 5.11 Å². The quantitative estimate of drug-likeness (QED) is 0.181. The van der Waals surface area contributed by atoms with Crippen LogP contribution in [0.3, 0.4) is 0 Å². The highest BCUT2D eigenvalue weighted by Gasteiger charge is 3.00. The molecule has 0 atom stereocenters. The lowest BCUT2D eigenvalue weighted by molar-refractivity contribution is -0.482. The Labute approximate surface area is 223 Å². The Kier molecular flexibility index (Phi) is 9.69. The van der Waals surface area contributed by atoms with Crippen molar-refractivity contribution in [3.63, 3.8) is 0 Å². The van der Waals surface area contributed by atoms with Gasteiger partial charge in [-0.3, -0.25) is 0 Å². The highest BCUT2D eigenvalue weighted by molar-refractivity contribution is 5.77. The summed E-state index contributed by atoms with van der Waals surface area (Å²) >= 11 is 0. The predicted octanol–water partition coefficient (Wildman–Crippen LogP) is 8.60. The van der Waals surface area contributed by atoms with Crippen molar-refractivity contribution in [1.82, 2.24) is 0 Å². The Morgan fingerprint density at radius 3 is 0.644 bits per heavy atom. The predicted molar refractivity (Wildman–Crippen MR) is 78.0 cm³/mol. The lowest BCUT2D eigenvalue weighted by Gasteiger charge is -2.46. The van der Waals surface area contributed by atoms with Crippen molar-refractivity contribution in [2.45, 2.75) is 83.4 Å². The first-order chi connectivity index (χ1) is 18.9. The second-order valence-corrected chi connectivity index (χ2v) is 8.12. The van der Waals surface area contributed by atoms with Gasteiger partial charge in [-0.25, -0.2) is 13.6 Å². The topological polar surface area (TPSA) is 37.3 Å². The lowest BCUT2D eigenvalue weighted by Crippen LogP contribution is -2.79. The fourth-order valence-corrected chi connectivity index (χ4v) is 2.45. The number of hydrogen-bond donors (Lipinski definition) is 1. The van der Waals surface area contributed by atoms with E-state index in [9.17, 15) is 128 Å². The van der Waals surface area contributed by atoms with Crippen LogP contribution in [0.25, 0.3) is 0 Å². The van der Waals surface area contributed by atoms with Gasteiger partial charge in [-0.15, -0.1) is 0 Å². The summed E-state index contributed by atoms with van der Waals surface area (Å²) in [6, 6.07) is 0. The molecule has 0 fully saturated rings. The smallest absolute Gasteiger partial charge is 0.410 e. The molecule has 0 amide bonds. The summed E-state index contributed by atoms with van der Waals surface area (Å²) in [6.45, 7) is 0. The molecule has 2 nitrogen and oxygen atoms in total. The summed E-state index contributed by atoms with van der Waals surface area (Å²) in [6.07, 6.45) is -6.40. The number of alkyl halides is 28. The van der Waals surface area contributed by atoms with E-state index in [1.165, 1.54) is 0 Å². The number of aliphatic carboxylic acids is 1. The van der Waals surface area contributed by atoms with Crippen molar-refractivity contribution in [3.05, 3.63) is 0 Å². The van der Waals surface area contributed by atoms with Gasteiger partial charge in [0, 0.05) is 0 Å². The molecule has 0 heterocycles. The standard InChI is InChI=1S/C15H2F28O2/c16-1(17)3(18,19)5(22,23)7(26,27)9(30,31)11(34,35)13(38,39)15(42,43)14(40,41)12(36,37)10(32,33)8(28,29)6(24,25)4(20,21)2(44)45/h1H,(H,44,45). The molecule has 0 aromatic carbocycles. The van der Waals surface area contributed by atoms with E-state index < -0.39 is 89.4 Å². The largest absolute Gasteiger partial charge is 0.477 e. The van der Waals surface area contributed by atoms with Crippen LogP contribution < -0.4 is 0 Å². The average Bonchev–Trinajstić information content (AvgIpc) is 2.81. The van der Waals surface area contributed by atoms with Crippen LogP contribution in [0, 0.1) is 0 Å². The molecule has 0 aromatic heterocycles. The maximum absolute atomic E-state index is 13.6. The van der Waals surface area contributed by atoms with Gasteiger partial charge in [0.15, 0.2) is 0 Å². The first-order valence-electron chi connectivity index (χ1n) is 9.32. The van der Waals surface area contributed by atoms with E-state index >= 15 is 0 Å². The third kappa shape index (κ3) is 4.69. The van der Waals surface area contributed by atoms with Crippen molar-refractivity contribution in [1.29, 1.82) is 0 Å². The van der Waals surface area contributed by atoms with Crippen LogP contribution in [0.1, 0.15) is 0 Å². The number of carbonyl (C=O) groups is 1. The minimum atomic E-state index is -9.92. The summed E-state index contributed by atoms with van der Waals surface area (Å²) in [4.78, 5) is 9.91. The van der Waals surface area contributed by atoms with Gasteiger partial charge in [-0.1, -0.05) is 0 Å². The van der Waals surface area contributed by atoms with Crippen molar-refractivity contribution in [2.24, 2.45) is 0 Å². The van der Waals surface area contributed by atoms with Crippen LogP contribution in [-0.2, 0) is 4.79 Å². The molecule has 0 bridgehead atoms. The molecule has 0 aliphatic rings. The van der Waals surface area contributed by atoms with Gasteiger partial charge in [0.25, 0.3) is 0 Å². The number of halogens is 28. The van der Waals surface area contributed by atoms with Crippen LogP contribution in [-0.4, -0.2) is 94.5 Å². The molecule has 1 N–H and O–H groups in total. The van der Waals surface area contributed by atoms with E-state index in [-0.39, 0.29) is 0 Å². The van der Waals surface area contributed by atoms with Gasteiger partial charge in [-0.05, 0) is 0 Å². The summed E-state index contributed by atoms with van der Waals surface area (Å²) in [5.74, 6) is -125. The molecule has 0 aromatic rings. The second kappa shape index (κ2) is 10.3. The van der Waals surface area contributed by atoms with Crippen molar-refractivity contribution < 1.29 is 133 Å². The number of hydrogen-bond acceptors (Lipinski definition) is 1. The highest BCUT2D eigenvalue weighted by atomic mass is 19.4. The molecule has 30 heteroatoms. The van der Waals surface area contributed by atoms with Gasteiger partial charge in [0.1, 0.15) is 0 Å². The average molecular weight is 746 g/mol. The molecule has 0 unspecified atom stereocenters. The zero-order valence-electron chi connectivity index (χ0n) is 19.0. The molecule has 0 radical (unpaired) electrons. The van der Waals surface area contributed by atoms with Gasteiger partial charge < -0.3 is 5.11 Å². The zero-order chi connectivity index (χ0) is 37.7. The molecule has 45 heavy (non-hydrogen) atoms. The fourth-order valence-electron chi connectivity index (χ4n) is 2.45. The van der Waals surface area contributed by atoms with E-state index in [1.807, 2.05) is 0 Å². The first kappa shape index (κ1) is 42.5. The maximum atomic E-state index is 13.6. The van der Waals surface area contributed by atoms with Crippen LogP contribution in [0.2, 0.25) is 0 Å². The van der Waals surface area contributed by atoms with Crippen LogP contribution in [0.4, 0.5) is 123 Å². The fraction of sp³-hybridized carbons (Fsp3) is 0.933. The third-order valence-electron chi connectivity index (χ3n) is 5.30. The Bertz CT molecular complexity index is 1110. The third-order valence-corrected chi connectivity index (χ3v) is 5.30. The molecule has 0 aliphatic carbocycles. The summed E-state index contributed by atoms with van der Waals surface area (Å²) < 4.78 is 370. The molecule has 0 rings (SSSR count). The minimum Gasteiger partial charge on any atom is -0.477 e. The normalized spacial score (nSPS) is 16.8. The molecule has 0 saturated heterocycles. The second-order valence-electron chi connectivity index (χ2n) is 8.12.